The first-order valence-corrected chi connectivity index (χ1v) is 2.39. The first-order chi connectivity index (χ1) is 5.30. The van der Waals surface area contributed by atoms with Crippen LogP contribution in [0.2, 0.25) is 0 Å². The molecule has 0 amide bonds. The van der Waals surface area contributed by atoms with Crippen LogP contribution < -0.4 is 0 Å². The summed E-state index contributed by atoms with van der Waals surface area (Å²) in [6.45, 7) is 0. The molecule has 12 heavy (non-hydrogen) atoms. The minimum atomic E-state index is -5.65. The highest BCUT2D eigenvalue weighted by atomic mass is 19.4. The second-order valence-electron chi connectivity index (χ2n) is 1.58. The molecule has 0 saturated heterocycles. The molecular weight excluding hydrogens is 193 g/mol. The first kappa shape index (κ1) is 11.0. The molecule has 0 spiro atoms. The average molecular weight is 194 g/mol. The van der Waals surface area contributed by atoms with Gasteiger partial charge in [0.1, 0.15) is 6.33 Å². The van der Waals surface area contributed by atoms with Gasteiger partial charge < -0.3 is 0 Å². The van der Waals surface area contributed by atoms with Crippen LogP contribution in [0.1, 0.15) is 0 Å². The molecule has 0 N–H and O–H groups in total. The zero-order chi connectivity index (χ0) is 9.94. The predicted molar refractivity (Wildman–Crippen MR) is 25.6 cm³/mol. The Kier molecular flexibility index (Phi) is 3.29. The van der Waals surface area contributed by atoms with Crippen molar-refractivity contribution in [2.24, 2.45) is 0 Å². The molecule has 0 aliphatic heterocycles. The molecule has 0 bridgehead atoms. The molecule has 70 valence electrons. The first-order valence-electron chi connectivity index (χ1n) is 2.39. The molecule has 0 rings (SSSR count). The maximum absolute atomic E-state index is 11.8. The Balaban J connectivity index is 4.96. The van der Waals surface area contributed by atoms with Crippen molar-refractivity contribution in [1.29, 1.82) is 0 Å². The SMILES string of the molecule is FC=C(F)C(F)=C(F)C(F)(F)F. The van der Waals surface area contributed by atoms with Gasteiger partial charge in [0, 0.05) is 0 Å². The van der Waals surface area contributed by atoms with Crippen molar-refractivity contribution in [3.05, 3.63) is 23.8 Å². The van der Waals surface area contributed by atoms with Gasteiger partial charge in [0.05, 0.1) is 0 Å². The molecule has 7 heteroatoms. The molecule has 0 aromatic rings. The third-order valence-corrected chi connectivity index (χ3v) is 0.747. The van der Waals surface area contributed by atoms with Crippen molar-refractivity contribution in [1.82, 2.24) is 0 Å². The van der Waals surface area contributed by atoms with Crippen LogP contribution >= 0.6 is 0 Å². The molecule has 0 radical (unpaired) electrons. The van der Waals surface area contributed by atoms with Crippen LogP contribution in [0.5, 0.6) is 0 Å². The lowest BCUT2D eigenvalue weighted by Gasteiger charge is -2.02. The Morgan fingerprint density at radius 1 is 1.00 bits per heavy atom. The van der Waals surface area contributed by atoms with Gasteiger partial charge in [-0.1, -0.05) is 0 Å². The Labute approximate surface area is 62.0 Å². The van der Waals surface area contributed by atoms with Crippen LogP contribution in [0.15, 0.2) is 23.8 Å². The number of allylic oxidation sites excluding steroid dienone is 3. The number of alkyl halides is 3. The monoisotopic (exact) mass is 194 g/mol. The van der Waals surface area contributed by atoms with Gasteiger partial charge in [0.15, 0.2) is 5.83 Å². The molecular formula is C5HF7. The summed E-state index contributed by atoms with van der Waals surface area (Å²) < 4.78 is 79.7. The third-order valence-electron chi connectivity index (χ3n) is 0.747. The second kappa shape index (κ2) is 3.59. The van der Waals surface area contributed by atoms with Crippen LogP contribution in [0, 0.1) is 0 Å². The number of hydrogen-bond acceptors (Lipinski definition) is 0. The van der Waals surface area contributed by atoms with E-state index in [1.54, 1.807) is 0 Å². The smallest absolute Gasteiger partial charge is 0.212 e. The van der Waals surface area contributed by atoms with Gasteiger partial charge >= 0.3 is 6.18 Å². The van der Waals surface area contributed by atoms with E-state index >= 15 is 0 Å². The largest absolute Gasteiger partial charge is 0.446 e. The summed E-state index contributed by atoms with van der Waals surface area (Å²) >= 11 is 0. The van der Waals surface area contributed by atoms with Crippen LogP contribution in [0.4, 0.5) is 30.7 Å². The summed E-state index contributed by atoms with van der Waals surface area (Å²) in [5.74, 6) is -8.73. The van der Waals surface area contributed by atoms with E-state index in [4.69, 9.17) is 0 Å². The van der Waals surface area contributed by atoms with Crippen LogP contribution in [0.25, 0.3) is 0 Å². The van der Waals surface area contributed by atoms with Crippen LogP contribution in [-0.2, 0) is 0 Å². The maximum atomic E-state index is 11.8. The lowest BCUT2D eigenvalue weighted by atomic mass is 10.4. The normalized spacial score (nSPS) is 16.1. The molecule has 0 aliphatic rings. The molecule has 0 unspecified atom stereocenters. The molecule has 0 aliphatic carbocycles. The molecule has 0 aromatic heterocycles. The van der Waals surface area contributed by atoms with Crippen LogP contribution in [-0.4, -0.2) is 6.18 Å². The number of halogens is 7. The maximum Gasteiger partial charge on any atom is 0.446 e. The Bertz CT molecular complexity index is 220. The van der Waals surface area contributed by atoms with Gasteiger partial charge in [0.25, 0.3) is 0 Å². The lowest BCUT2D eigenvalue weighted by Crippen LogP contribution is -2.09. The minimum absolute atomic E-state index is 1.11. The molecule has 0 saturated carbocycles. The van der Waals surface area contributed by atoms with Crippen molar-refractivity contribution in [2.45, 2.75) is 6.18 Å². The van der Waals surface area contributed by atoms with E-state index in [-0.39, 0.29) is 0 Å². The Morgan fingerprint density at radius 2 is 1.42 bits per heavy atom. The summed E-state index contributed by atoms with van der Waals surface area (Å²) in [6, 6.07) is 0. The van der Waals surface area contributed by atoms with Gasteiger partial charge in [-0.05, 0) is 0 Å². The predicted octanol–water partition coefficient (Wildman–Crippen LogP) is 3.48. The van der Waals surface area contributed by atoms with Crippen molar-refractivity contribution < 1.29 is 30.7 Å². The van der Waals surface area contributed by atoms with Crippen molar-refractivity contribution >= 4 is 0 Å². The third kappa shape index (κ3) is 2.55. The fourth-order valence-electron chi connectivity index (χ4n) is 0.277. The number of hydrogen-bond donors (Lipinski definition) is 0. The molecule has 0 fully saturated rings. The van der Waals surface area contributed by atoms with Crippen molar-refractivity contribution in [3.63, 3.8) is 0 Å². The Morgan fingerprint density at radius 3 is 1.67 bits per heavy atom. The van der Waals surface area contributed by atoms with E-state index in [1.165, 1.54) is 0 Å². The quantitative estimate of drug-likeness (QED) is 0.442. The lowest BCUT2D eigenvalue weighted by molar-refractivity contribution is -0.111. The highest BCUT2D eigenvalue weighted by Gasteiger charge is 2.39. The minimum Gasteiger partial charge on any atom is -0.212 e. The standard InChI is InChI=1S/C5HF7/c6-1-2(7)3(8)4(9)5(10,11)12/h1H. The number of rotatable bonds is 1. The van der Waals surface area contributed by atoms with Gasteiger partial charge in [-0.15, -0.1) is 0 Å². The van der Waals surface area contributed by atoms with E-state index in [1.807, 2.05) is 0 Å². The average Bonchev–Trinajstić information content (AvgIpc) is 1.98. The van der Waals surface area contributed by atoms with Gasteiger partial charge in [-0.3, -0.25) is 0 Å². The van der Waals surface area contributed by atoms with Gasteiger partial charge in [0.2, 0.25) is 11.7 Å². The second-order valence-corrected chi connectivity index (χ2v) is 1.58. The summed E-state index contributed by atoms with van der Waals surface area (Å²) in [4.78, 5) is 0. The van der Waals surface area contributed by atoms with Gasteiger partial charge in [-0.2, -0.15) is 17.6 Å². The van der Waals surface area contributed by atoms with E-state index < -0.39 is 30.0 Å². The van der Waals surface area contributed by atoms with E-state index in [9.17, 15) is 30.7 Å². The summed E-state index contributed by atoms with van der Waals surface area (Å²) in [5, 5.41) is 0. The van der Waals surface area contributed by atoms with E-state index in [0.29, 0.717) is 0 Å². The summed E-state index contributed by atoms with van der Waals surface area (Å²) in [5.41, 5.74) is 0. The van der Waals surface area contributed by atoms with Crippen LogP contribution in [0.3, 0.4) is 0 Å². The van der Waals surface area contributed by atoms with E-state index in [0.717, 1.165) is 0 Å². The fraction of sp³-hybridized carbons (Fsp3) is 0.200. The molecule has 0 heterocycles. The zero-order valence-electron chi connectivity index (χ0n) is 5.22. The Hall–Kier alpha value is -1.01. The fourth-order valence-corrected chi connectivity index (χ4v) is 0.277. The van der Waals surface area contributed by atoms with E-state index in [2.05, 4.69) is 0 Å². The summed E-state index contributed by atoms with van der Waals surface area (Å²) in [7, 11) is 0. The van der Waals surface area contributed by atoms with Crippen molar-refractivity contribution in [2.75, 3.05) is 0 Å². The van der Waals surface area contributed by atoms with Crippen molar-refractivity contribution in [3.8, 4) is 0 Å². The zero-order valence-corrected chi connectivity index (χ0v) is 5.22. The highest BCUT2D eigenvalue weighted by Crippen LogP contribution is 2.32. The molecule has 0 aromatic carbocycles. The highest BCUT2D eigenvalue weighted by molar-refractivity contribution is 5.22. The van der Waals surface area contributed by atoms with Gasteiger partial charge in [-0.25, -0.2) is 13.2 Å². The topological polar surface area (TPSA) is 0 Å². The summed E-state index contributed by atoms with van der Waals surface area (Å²) in [6.07, 6.45) is -6.76. The molecule has 0 nitrogen and oxygen atoms in total. The molecule has 0 atom stereocenters.